The molecule has 0 unspecified atom stereocenters. The summed E-state index contributed by atoms with van der Waals surface area (Å²) in [6, 6.07) is 0. The summed E-state index contributed by atoms with van der Waals surface area (Å²) >= 11 is 0. The lowest BCUT2D eigenvalue weighted by molar-refractivity contribution is 0.100. The van der Waals surface area contributed by atoms with Crippen LogP contribution in [0.4, 0.5) is 11.5 Å². The maximum absolute atomic E-state index is 8.50. The van der Waals surface area contributed by atoms with Crippen molar-refractivity contribution in [2.45, 2.75) is 75.8 Å². The van der Waals surface area contributed by atoms with Crippen molar-refractivity contribution in [3.63, 3.8) is 0 Å². The molecule has 29 heavy (non-hydrogen) atoms. The third kappa shape index (κ3) is 4.70. The van der Waals surface area contributed by atoms with Crippen molar-refractivity contribution in [3.8, 4) is 0 Å². The first kappa shape index (κ1) is 23.1. The standard InChI is InChI=1S/C22H39N7/c1-19(2,3)21(7,8)13-28-17(23)15(11-25-28)27-16-12-26-29(18(16)24)14-22(9,10)20(4,5)6/h11-12,23H,13-14,24H2,1-10H3. The smallest absolute Gasteiger partial charge is 0.169 e. The molecule has 0 saturated heterocycles. The van der Waals surface area contributed by atoms with E-state index < -0.39 is 0 Å². The summed E-state index contributed by atoms with van der Waals surface area (Å²) in [6.45, 7) is 23.5. The lowest BCUT2D eigenvalue weighted by Gasteiger charge is -2.40. The maximum atomic E-state index is 8.50. The zero-order valence-corrected chi connectivity index (χ0v) is 19.9. The number of nitrogen functional groups attached to an aromatic ring is 1. The van der Waals surface area contributed by atoms with Crippen molar-refractivity contribution in [1.29, 1.82) is 5.41 Å². The van der Waals surface area contributed by atoms with Gasteiger partial charge >= 0.3 is 0 Å². The van der Waals surface area contributed by atoms with Crippen LogP contribution in [-0.4, -0.2) is 39.1 Å². The van der Waals surface area contributed by atoms with E-state index in [4.69, 9.17) is 11.1 Å². The van der Waals surface area contributed by atoms with Crippen LogP contribution < -0.4 is 5.73 Å². The van der Waals surface area contributed by atoms with Gasteiger partial charge in [-0.3, -0.25) is 5.41 Å². The van der Waals surface area contributed by atoms with Crippen molar-refractivity contribution >= 4 is 29.3 Å². The van der Waals surface area contributed by atoms with Gasteiger partial charge in [-0.05, 0) is 21.7 Å². The molecule has 0 aliphatic carbocycles. The molecule has 3 N–H and O–H groups in total. The fourth-order valence-electron chi connectivity index (χ4n) is 2.53. The minimum absolute atomic E-state index is 0.00835. The summed E-state index contributed by atoms with van der Waals surface area (Å²) in [7, 11) is 0. The van der Waals surface area contributed by atoms with Crippen molar-refractivity contribution < 1.29 is 0 Å². The summed E-state index contributed by atoms with van der Waals surface area (Å²) in [5.41, 5.74) is 7.62. The highest BCUT2D eigenvalue weighted by atomic mass is 15.5. The van der Waals surface area contributed by atoms with Gasteiger partial charge in [0.15, 0.2) is 5.84 Å². The highest BCUT2D eigenvalue weighted by Gasteiger charge is 2.37. The molecule has 0 spiro atoms. The predicted molar refractivity (Wildman–Crippen MR) is 123 cm³/mol. The van der Waals surface area contributed by atoms with Crippen LogP contribution in [0.15, 0.2) is 16.3 Å². The second-order valence-corrected chi connectivity index (χ2v) is 11.5. The summed E-state index contributed by atoms with van der Waals surface area (Å²) in [4.78, 5) is 4.59. The molecule has 7 nitrogen and oxygen atoms in total. The summed E-state index contributed by atoms with van der Waals surface area (Å²) in [6.07, 6.45) is 3.31. The van der Waals surface area contributed by atoms with Gasteiger partial charge < -0.3 is 5.73 Å². The van der Waals surface area contributed by atoms with Gasteiger partial charge in [0.05, 0.1) is 12.4 Å². The Morgan fingerprint density at radius 1 is 0.931 bits per heavy atom. The number of rotatable bonds is 5. The molecular weight excluding hydrogens is 362 g/mol. The summed E-state index contributed by atoms with van der Waals surface area (Å²) in [5.74, 6) is 0.814. The first-order valence-electron chi connectivity index (χ1n) is 10.3. The quantitative estimate of drug-likeness (QED) is 0.730. The minimum atomic E-state index is -0.0193. The topological polar surface area (TPSA) is 95.7 Å². The molecule has 0 aromatic carbocycles. The number of hydrogen-bond donors (Lipinski definition) is 2. The predicted octanol–water partition coefficient (Wildman–Crippen LogP) is 4.96. The fourth-order valence-corrected chi connectivity index (χ4v) is 2.53. The maximum Gasteiger partial charge on any atom is 0.169 e. The lowest BCUT2D eigenvalue weighted by atomic mass is 9.69. The monoisotopic (exact) mass is 401 g/mol. The van der Waals surface area contributed by atoms with Gasteiger partial charge in [-0.1, -0.05) is 69.2 Å². The van der Waals surface area contributed by atoms with Gasteiger partial charge in [0.2, 0.25) is 0 Å². The van der Waals surface area contributed by atoms with Gasteiger partial charge in [-0.25, -0.2) is 14.7 Å². The summed E-state index contributed by atoms with van der Waals surface area (Å²) in [5, 5.41) is 19.1. The number of anilines is 1. The third-order valence-electron chi connectivity index (χ3n) is 7.07. The van der Waals surface area contributed by atoms with Crippen LogP contribution in [0.25, 0.3) is 0 Å². The Kier molecular flexibility index (Phi) is 5.78. The first-order valence-corrected chi connectivity index (χ1v) is 10.3. The fraction of sp³-hybridized carbons (Fsp3) is 0.727. The molecule has 0 saturated carbocycles. The number of nitrogens with two attached hydrogens (primary N) is 1. The van der Waals surface area contributed by atoms with Crippen LogP contribution in [0, 0.1) is 27.1 Å². The average molecular weight is 402 g/mol. The Balaban J connectivity index is 2.20. The van der Waals surface area contributed by atoms with E-state index in [0.29, 0.717) is 36.1 Å². The highest BCUT2D eigenvalue weighted by Crippen LogP contribution is 2.40. The van der Waals surface area contributed by atoms with E-state index in [9.17, 15) is 0 Å². The largest absolute Gasteiger partial charge is 0.382 e. The molecule has 0 bridgehead atoms. The van der Waals surface area contributed by atoms with E-state index in [1.165, 1.54) is 0 Å². The SMILES string of the molecule is CC(C)(C)C(C)(C)CN1N=CC(=Nc2cnn(CC(C)(C)C(C)(C)C)c2N)C1=N. The molecule has 0 fully saturated rings. The van der Waals surface area contributed by atoms with Crippen LogP contribution in [0.1, 0.15) is 69.2 Å². The molecule has 7 heteroatoms. The number of hydrazone groups is 1. The van der Waals surface area contributed by atoms with Crippen molar-refractivity contribution in [2.24, 2.45) is 31.8 Å². The van der Waals surface area contributed by atoms with E-state index in [-0.39, 0.29) is 21.7 Å². The zero-order valence-electron chi connectivity index (χ0n) is 19.9. The number of nitrogens with one attached hydrogen (secondary N) is 1. The van der Waals surface area contributed by atoms with E-state index in [0.717, 1.165) is 0 Å². The van der Waals surface area contributed by atoms with Crippen LogP contribution in [-0.2, 0) is 6.54 Å². The number of nitrogens with zero attached hydrogens (tertiary/aromatic N) is 5. The van der Waals surface area contributed by atoms with Gasteiger partial charge in [0, 0.05) is 13.1 Å². The van der Waals surface area contributed by atoms with Crippen LogP contribution in [0.2, 0.25) is 0 Å². The Hall–Kier alpha value is -2.18. The number of hydrogen-bond acceptors (Lipinski definition) is 5. The zero-order chi connectivity index (χ0) is 22.4. The molecular formula is C22H39N7. The van der Waals surface area contributed by atoms with E-state index in [2.05, 4.69) is 84.4 Å². The number of aromatic nitrogens is 2. The van der Waals surface area contributed by atoms with E-state index in [1.54, 1.807) is 22.1 Å². The molecule has 1 aliphatic rings. The first-order chi connectivity index (χ1) is 13.0. The van der Waals surface area contributed by atoms with Crippen molar-refractivity contribution in [2.75, 3.05) is 12.3 Å². The third-order valence-corrected chi connectivity index (χ3v) is 7.07. The van der Waals surface area contributed by atoms with E-state index in [1.807, 2.05) is 0 Å². The van der Waals surface area contributed by atoms with Crippen LogP contribution in [0.3, 0.4) is 0 Å². The highest BCUT2D eigenvalue weighted by molar-refractivity contribution is 6.63. The molecule has 0 atom stereocenters. The Bertz CT molecular complexity index is 826. The second kappa shape index (κ2) is 7.26. The van der Waals surface area contributed by atoms with Crippen molar-refractivity contribution in [3.05, 3.63) is 6.20 Å². The van der Waals surface area contributed by atoms with Crippen molar-refractivity contribution in [1.82, 2.24) is 14.8 Å². The molecule has 2 heterocycles. The molecule has 1 aliphatic heterocycles. The number of aliphatic imine (C=N–C) groups is 1. The molecule has 0 radical (unpaired) electrons. The average Bonchev–Trinajstić information content (AvgIpc) is 3.03. The molecule has 2 rings (SSSR count). The molecule has 0 amide bonds. The Morgan fingerprint density at radius 2 is 1.45 bits per heavy atom. The van der Waals surface area contributed by atoms with Gasteiger partial charge in [0.25, 0.3) is 0 Å². The number of amidine groups is 1. The Morgan fingerprint density at radius 3 is 1.97 bits per heavy atom. The normalized spacial score (nSPS) is 17.7. The van der Waals surface area contributed by atoms with Crippen LogP contribution >= 0.6 is 0 Å². The summed E-state index contributed by atoms with van der Waals surface area (Å²) < 4.78 is 1.81. The van der Waals surface area contributed by atoms with Gasteiger partial charge in [0.1, 0.15) is 17.2 Å². The van der Waals surface area contributed by atoms with Crippen LogP contribution in [0.5, 0.6) is 0 Å². The van der Waals surface area contributed by atoms with Gasteiger partial charge in [-0.15, -0.1) is 0 Å². The Labute approximate surface area is 176 Å². The molecule has 162 valence electrons. The minimum Gasteiger partial charge on any atom is -0.382 e. The van der Waals surface area contributed by atoms with E-state index >= 15 is 0 Å². The molecule has 1 aromatic heterocycles. The second-order valence-electron chi connectivity index (χ2n) is 11.5. The lowest BCUT2D eigenvalue weighted by Crippen LogP contribution is -2.41. The molecule has 1 aromatic rings. The van der Waals surface area contributed by atoms with Gasteiger partial charge in [-0.2, -0.15) is 10.2 Å².